The molecule has 0 fully saturated rings. The number of allylic oxidation sites excluding steroid dienone is 1. The zero-order chi connectivity index (χ0) is 13.4. The van der Waals surface area contributed by atoms with Crippen molar-refractivity contribution in [1.29, 1.82) is 5.26 Å². The molecular weight excluding hydrogens is 230 g/mol. The second kappa shape index (κ2) is 4.33. The first kappa shape index (κ1) is 12.4. The topological polar surface area (TPSA) is 71.7 Å². The molecule has 0 aromatic heterocycles. The molecule has 0 aromatic rings. The number of amides is 1. The SMILES string of the molecule is CC(=O)N(C)N1C(C(C)C)=NC2NC(C#N)=CC21. The predicted octanol–water partition coefficient (Wildman–Crippen LogP) is 0.455. The summed E-state index contributed by atoms with van der Waals surface area (Å²) < 4.78 is 0. The first-order valence-corrected chi connectivity index (χ1v) is 5.95. The number of nitrogens with zero attached hydrogens (tertiary/aromatic N) is 4. The van der Waals surface area contributed by atoms with Gasteiger partial charge in [0, 0.05) is 19.9 Å². The zero-order valence-electron chi connectivity index (χ0n) is 11.0. The van der Waals surface area contributed by atoms with Crippen molar-refractivity contribution in [2.24, 2.45) is 10.9 Å². The van der Waals surface area contributed by atoms with Gasteiger partial charge in [-0.05, 0) is 6.08 Å². The Bertz CT molecular complexity index is 473. The highest BCUT2D eigenvalue weighted by atomic mass is 16.2. The summed E-state index contributed by atoms with van der Waals surface area (Å²) in [6.45, 7) is 5.59. The molecule has 6 heteroatoms. The molecule has 2 atom stereocenters. The molecule has 2 aliphatic rings. The summed E-state index contributed by atoms with van der Waals surface area (Å²) in [4.78, 5) is 16.1. The quantitative estimate of drug-likeness (QED) is 0.769. The molecule has 96 valence electrons. The molecule has 2 aliphatic heterocycles. The summed E-state index contributed by atoms with van der Waals surface area (Å²) >= 11 is 0. The van der Waals surface area contributed by atoms with E-state index in [-0.39, 0.29) is 24.0 Å². The van der Waals surface area contributed by atoms with Gasteiger partial charge < -0.3 is 5.32 Å². The fourth-order valence-corrected chi connectivity index (χ4v) is 2.21. The molecule has 0 aromatic carbocycles. The molecule has 0 spiro atoms. The van der Waals surface area contributed by atoms with Crippen LogP contribution in [0.5, 0.6) is 0 Å². The Hall–Kier alpha value is -2.03. The minimum absolute atomic E-state index is 0.0530. The number of hydrazine groups is 1. The van der Waals surface area contributed by atoms with Crippen molar-refractivity contribution in [3.05, 3.63) is 11.8 Å². The van der Waals surface area contributed by atoms with Crippen molar-refractivity contribution in [2.45, 2.75) is 33.0 Å². The molecule has 0 aliphatic carbocycles. The van der Waals surface area contributed by atoms with Crippen LogP contribution in [-0.2, 0) is 4.79 Å². The smallest absolute Gasteiger partial charge is 0.237 e. The number of rotatable bonds is 2. The minimum atomic E-state index is -0.168. The summed E-state index contributed by atoms with van der Waals surface area (Å²) in [7, 11) is 1.72. The largest absolute Gasteiger partial charge is 0.353 e. The highest BCUT2D eigenvalue weighted by Gasteiger charge is 2.42. The van der Waals surface area contributed by atoms with Crippen LogP contribution in [0.1, 0.15) is 20.8 Å². The zero-order valence-corrected chi connectivity index (χ0v) is 11.0. The molecule has 0 bridgehead atoms. The van der Waals surface area contributed by atoms with Crippen LogP contribution in [0.3, 0.4) is 0 Å². The summed E-state index contributed by atoms with van der Waals surface area (Å²) in [6.07, 6.45) is 1.65. The van der Waals surface area contributed by atoms with Gasteiger partial charge in [0.1, 0.15) is 29.8 Å². The molecule has 0 radical (unpaired) electrons. The first-order valence-electron chi connectivity index (χ1n) is 5.95. The van der Waals surface area contributed by atoms with Gasteiger partial charge in [0.25, 0.3) is 0 Å². The average molecular weight is 247 g/mol. The Kier molecular flexibility index (Phi) is 2.99. The number of carbonyl (C=O) groups is 1. The Morgan fingerprint density at radius 2 is 2.33 bits per heavy atom. The van der Waals surface area contributed by atoms with Crippen molar-refractivity contribution in [3.8, 4) is 6.07 Å². The summed E-state index contributed by atoms with van der Waals surface area (Å²) in [5.74, 6) is 1.03. The third-order valence-electron chi connectivity index (χ3n) is 3.17. The van der Waals surface area contributed by atoms with Gasteiger partial charge in [0.05, 0.1) is 0 Å². The Morgan fingerprint density at radius 3 is 2.83 bits per heavy atom. The first-order chi connectivity index (χ1) is 8.45. The van der Waals surface area contributed by atoms with Gasteiger partial charge in [0.2, 0.25) is 5.91 Å². The van der Waals surface area contributed by atoms with Crippen molar-refractivity contribution >= 4 is 11.7 Å². The number of carbonyl (C=O) groups excluding carboxylic acids is 1. The fraction of sp³-hybridized carbons (Fsp3) is 0.583. The van der Waals surface area contributed by atoms with Gasteiger partial charge in [0.15, 0.2) is 0 Å². The highest BCUT2D eigenvalue weighted by Crippen LogP contribution is 2.27. The lowest BCUT2D eigenvalue weighted by molar-refractivity contribution is -0.138. The van der Waals surface area contributed by atoms with Crippen LogP contribution in [-0.4, -0.2) is 41.0 Å². The number of aliphatic imine (C=N–C) groups is 1. The van der Waals surface area contributed by atoms with Gasteiger partial charge in [-0.15, -0.1) is 0 Å². The van der Waals surface area contributed by atoms with Crippen molar-refractivity contribution < 1.29 is 4.79 Å². The van der Waals surface area contributed by atoms with Gasteiger partial charge in [-0.1, -0.05) is 13.8 Å². The van der Waals surface area contributed by atoms with Crippen molar-refractivity contribution in [3.63, 3.8) is 0 Å². The molecule has 1 amide bonds. The molecule has 6 nitrogen and oxygen atoms in total. The standard InChI is InChI=1S/C12H17N5O/c1-7(2)12-15-11-10(5-9(6-13)14-11)17(12)16(4)8(3)18/h5,7,10-11,14H,1-4H3. The van der Waals surface area contributed by atoms with Crippen molar-refractivity contribution in [1.82, 2.24) is 15.3 Å². The molecule has 2 rings (SSSR count). The number of hydrogen-bond donors (Lipinski definition) is 1. The van der Waals surface area contributed by atoms with E-state index >= 15 is 0 Å². The van der Waals surface area contributed by atoms with E-state index in [1.165, 1.54) is 6.92 Å². The molecule has 18 heavy (non-hydrogen) atoms. The molecular formula is C12H17N5O. The summed E-state index contributed by atoms with van der Waals surface area (Å²) in [5, 5.41) is 15.4. The monoisotopic (exact) mass is 247 g/mol. The lowest BCUT2D eigenvalue weighted by atomic mass is 10.2. The van der Waals surface area contributed by atoms with Crippen LogP contribution in [0.2, 0.25) is 0 Å². The van der Waals surface area contributed by atoms with Gasteiger partial charge >= 0.3 is 0 Å². The number of nitrogens with one attached hydrogen (secondary N) is 1. The Morgan fingerprint density at radius 1 is 1.67 bits per heavy atom. The Balaban J connectivity index is 2.33. The maximum atomic E-state index is 11.6. The molecule has 0 saturated carbocycles. The predicted molar refractivity (Wildman–Crippen MR) is 67.0 cm³/mol. The van der Waals surface area contributed by atoms with E-state index in [0.717, 1.165) is 5.84 Å². The summed E-state index contributed by atoms with van der Waals surface area (Å²) in [5.41, 5.74) is 0.513. The second-order valence-electron chi connectivity index (χ2n) is 4.80. The van der Waals surface area contributed by atoms with Crippen LogP contribution >= 0.6 is 0 Å². The van der Waals surface area contributed by atoms with E-state index in [0.29, 0.717) is 5.70 Å². The molecule has 0 saturated heterocycles. The number of amidine groups is 1. The van der Waals surface area contributed by atoms with Gasteiger partial charge in [-0.2, -0.15) is 5.26 Å². The third-order valence-corrected chi connectivity index (χ3v) is 3.17. The fourth-order valence-electron chi connectivity index (χ4n) is 2.21. The van der Waals surface area contributed by atoms with E-state index in [1.807, 2.05) is 24.9 Å². The third kappa shape index (κ3) is 1.82. The van der Waals surface area contributed by atoms with Crippen LogP contribution in [0.25, 0.3) is 0 Å². The second-order valence-corrected chi connectivity index (χ2v) is 4.80. The van der Waals surface area contributed by atoms with Crippen LogP contribution in [0, 0.1) is 17.2 Å². The molecule has 2 heterocycles. The van der Waals surface area contributed by atoms with Crippen molar-refractivity contribution in [2.75, 3.05) is 7.05 Å². The maximum absolute atomic E-state index is 11.6. The minimum Gasteiger partial charge on any atom is -0.353 e. The van der Waals surface area contributed by atoms with E-state index in [4.69, 9.17) is 5.26 Å². The summed E-state index contributed by atoms with van der Waals surface area (Å²) in [6, 6.07) is 1.98. The average Bonchev–Trinajstić information content (AvgIpc) is 2.83. The number of nitriles is 1. The normalized spacial score (nSPS) is 25.2. The number of fused-ring (bicyclic) bond motifs is 1. The van der Waals surface area contributed by atoms with Crippen LogP contribution in [0.15, 0.2) is 16.8 Å². The number of hydrogen-bond acceptors (Lipinski definition) is 5. The lowest BCUT2D eigenvalue weighted by Crippen LogP contribution is -2.51. The van der Waals surface area contributed by atoms with E-state index in [2.05, 4.69) is 16.4 Å². The lowest BCUT2D eigenvalue weighted by Gasteiger charge is -2.34. The van der Waals surface area contributed by atoms with Crippen LogP contribution < -0.4 is 5.32 Å². The van der Waals surface area contributed by atoms with Gasteiger partial charge in [-0.25, -0.2) is 4.99 Å². The molecule has 1 N–H and O–H groups in total. The van der Waals surface area contributed by atoms with Gasteiger partial charge in [-0.3, -0.25) is 14.8 Å². The van der Waals surface area contributed by atoms with Crippen LogP contribution in [0.4, 0.5) is 0 Å². The van der Waals surface area contributed by atoms with E-state index < -0.39 is 0 Å². The maximum Gasteiger partial charge on any atom is 0.237 e. The van der Waals surface area contributed by atoms with E-state index in [9.17, 15) is 4.79 Å². The Labute approximate surface area is 107 Å². The molecule has 2 unspecified atom stereocenters. The highest BCUT2D eigenvalue weighted by molar-refractivity contribution is 5.89. The van der Waals surface area contributed by atoms with E-state index in [1.54, 1.807) is 12.1 Å².